The van der Waals surface area contributed by atoms with Crippen LogP contribution in [0.25, 0.3) is 0 Å². The fourth-order valence-corrected chi connectivity index (χ4v) is 3.54. The van der Waals surface area contributed by atoms with Crippen molar-refractivity contribution >= 4 is 11.8 Å². The highest BCUT2D eigenvalue weighted by molar-refractivity contribution is 5.95. The topological polar surface area (TPSA) is 58.6 Å². The number of likely N-dealkylation sites (tertiary alicyclic amines) is 1. The van der Waals surface area contributed by atoms with Gasteiger partial charge in [-0.25, -0.2) is 0 Å². The van der Waals surface area contributed by atoms with Gasteiger partial charge in [0.25, 0.3) is 5.91 Å². The van der Waals surface area contributed by atoms with Gasteiger partial charge in [-0.1, -0.05) is 30.3 Å². The lowest BCUT2D eigenvalue weighted by molar-refractivity contribution is -0.132. The second-order valence-corrected chi connectivity index (χ2v) is 7.29. The molecular formula is C22H26N2O3. The number of rotatable bonds is 5. The third kappa shape index (κ3) is 4.48. The quantitative estimate of drug-likeness (QED) is 0.884. The first-order chi connectivity index (χ1) is 13.0. The molecule has 5 nitrogen and oxygen atoms in total. The van der Waals surface area contributed by atoms with Gasteiger partial charge < -0.3 is 15.0 Å². The molecule has 1 N–H and O–H groups in total. The molecule has 0 radical (unpaired) electrons. The van der Waals surface area contributed by atoms with Crippen LogP contribution in [0.5, 0.6) is 5.75 Å². The van der Waals surface area contributed by atoms with Gasteiger partial charge in [-0.15, -0.1) is 0 Å². The van der Waals surface area contributed by atoms with E-state index in [1.807, 2.05) is 61.5 Å². The van der Waals surface area contributed by atoms with Crippen molar-refractivity contribution in [2.45, 2.75) is 26.3 Å². The maximum absolute atomic E-state index is 12.9. The Morgan fingerprint density at radius 3 is 2.67 bits per heavy atom. The van der Waals surface area contributed by atoms with E-state index in [1.54, 1.807) is 12.0 Å². The van der Waals surface area contributed by atoms with E-state index in [1.165, 1.54) is 0 Å². The third-order valence-electron chi connectivity index (χ3n) is 5.14. The number of hydrogen-bond acceptors (Lipinski definition) is 3. The van der Waals surface area contributed by atoms with Crippen LogP contribution < -0.4 is 10.1 Å². The number of carbonyl (C=O) groups excluding carboxylic acids is 2. The highest BCUT2D eigenvalue weighted by atomic mass is 16.5. The molecule has 2 aromatic carbocycles. The summed E-state index contributed by atoms with van der Waals surface area (Å²) >= 11 is 0. The fourth-order valence-electron chi connectivity index (χ4n) is 3.54. The van der Waals surface area contributed by atoms with E-state index in [2.05, 4.69) is 5.32 Å². The SMILES string of the molecule is COc1cccc(CNC(=O)C2(C)CCCN(C(=O)c3ccccc3)C2)c1. The summed E-state index contributed by atoms with van der Waals surface area (Å²) in [4.78, 5) is 27.4. The number of nitrogens with one attached hydrogen (secondary N) is 1. The molecule has 1 atom stereocenters. The van der Waals surface area contributed by atoms with Crippen LogP contribution in [0.3, 0.4) is 0 Å². The van der Waals surface area contributed by atoms with Crippen molar-refractivity contribution in [3.05, 3.63) is 65.7 Å². The van der Waals surface area contributed by atoms with E-state index in [4.69, 9.17) is 4.74 Å². The number of amides is 2. The van der Waals surface area contributed by atoms with Crippen LogP contribution in [0.4, 0.5) is 0 Å². The summed E-state index contributed by atoms with van der Waals surface area (Å²) in [6.07, 6.45) is 1.59. The van der Waals surface area contributed by atoms with E-state index < -0.39 is 5.41 Å². The zero-order valence-corrected chi connectivity index (χ0v) is 15.9. The van der Waals surface area contributed by atoms with Gasteiger partial charge in [0.2, 0.25) is 5.91 Å². The minimum atomic E-state index is -0.582. The van der Waals surface area contributed by atoms with Crippen LogP contribution in [-0.2, 0) is 11.3 Å². The van der Waals surface area contributed by atoms with Crippen molar-refractivity contribution < 1.29 is 14.3 Å². The Kier molecular flexibility index (Phi) is 5.79. The molecule has 0 bridgehead atoms. The smallest absolute Gasteiger partial charge is 0.253 e. The molecule has 0 aliphatic carbocycles. The van der Waals surface area contributed by atoms with Gasteiger partial charge in [-0.3, -0.25) is 9.59 Å². The van der Waals surface area contributed by atoms with Gasteiger partial charge in [-0.2, -0.15) is 0 Å². The largest absolute Gasteiger partial charge is 0.497 e. The molecule has 1 aliphatic rings. The lowest BCUT2D eigenvalue weighted by Gasteiger charge is -2.39. The van der Waals surface area contributed by atoms with E-state index in [9.17, 15) is 9.59 Å². The summed E-state index contributed by atoms with van der Waals surface area (Å²) in [6.45, 7) is 3.51. The summed E-state index contributed by atoms with van der Waals surface area (Å²) in [5.41, 5.74) is 1.07. The van der Waals surface area contributed by atoms with Crippen LogP contribution in [0.15, 0.2) is 54.6 Å². The molecule has 27 heavy (non-hydrogen) atoms. The van der Waals surface area contributed by atoms with Gasteiger partial charge in [0.15, 0.2) is 0 Å². The maximum atomic E-state index is 12.9. The minimum Gasteiger partial charge on any atom is -0.497 e. The number of ether oxygens (including phenoxy) is 1. The predicted molar refractivity (Wildman–Crippen MR) is 105 cm³/mol. The number of nitrogens with zero attached hydrogens (tertiary/aromatic N) is 1. The summed E-state index contributed by atoms with van der Waals surface area (Å²) in [5, 5.41) is 3.03. The average Bonchev–Trinajstić information content (AvgIpc) is 2.72. The van der Waals surface area contributed by atoms with Gasteiger partial charge in [-0.05, 0) is 49.6 Å². The van der Waals surface area contributed by atoms with Gasteiger partial charge in [0, 0.05) is 25.2 Å². The third-order valence-corrected chi connectivity index (χ3v) is 5.14. The molecule has 1 saturated heterocycles. The molecule has 0 saturated carbocycles. The lowest BCUT2D eigenvalue weighted by Crippen LogP contribution is -2.51. The molecule has 0 aromatic heterocycles. The second-order valence-electron chi connectivity index (χ2n) is 7.29. The number of piperidine rings is 1. The molecule has 1 unspecified atom stereocenters. The Balaban J connectivity index is 1.64. The van der Waals surface area contributed by atoms with Crippen LogP contribution in [-0.4, -0.2) is 36.9 Å². The van der Waals surface area contributed by atoms with Crippen molar-refractivity contribution in [2.75, 3.05) is 20.2 Å². The van der Waals surface area contributed by atoms with Gasteiger partial charge >= 0.3 is 0 Å². The number of hydrogen-bond donors (Lipinski definition) is 1. The summed E-state index contributed by atoms with van der Waals surface area (Å²) in [6, 6.07) is 16.9. The Bertz CT molecular complexity index is 806. The van der Waals surface area contributed by atoms with Crippen molar-refractivity contribution in [1.82, 2.24) is 10.2 Å². The molecule has 1 aliphatic heterocycles. The minimum absolute atomic E-state index is 0.0119. The molecule has 3 rings (SSSR count). The van der Waals surface area contributed by atoms with Crippen molar-refractivity contribution in [2.24, 2.45) is 5.41 Å². The van der Waals surface area contributed by atoms with Crippen LogP contribution in [0.2, 0.25) is 0 Å². The number of methoxy groups -OCH3 is 1. The Morgan fingerprint density at radius 1 is 1.15 bits per heavy atom. The molecular weight excluding hydrogens is 340 g/mol. The molecule has 5 heteroatoms. The molecule has 1 fully saturated rings. The zero-order valence-electron chi connectivity index (χ0n) is 15.9. The van der Waals surface area contributed by atoms with Crippen LogP contribution in [0, 0.1) is 5.41 Å². The van der Waals surface area contributed by atoms with Crippen molar-refractivity contribution in [1.29, 1.82) is 0 Å². The fraction of sp³-hybridized carbons (Fsp3) is 0.364. The van der Waals surface area contributed by atoms with E-state index in [0.717, 1.165) is 24.2 Å². The van der Waals surface area contributed by atoms with Crippen molar-refractivity contribution in [3.8, 4) is 5.75 Å². The predicted octanol–water partition coefficient (Wildman–Crippen LogP) is 3.25. The first-order valence-corrected chi connectivity index (χ1v) is 9.27. The monoisotopic (exact) mass is 366 g/mol. The Hall–Kier alpha value is -2.82. The summed E-state index contributed by atoms with van der Waals surface area (Å²) in [7, 11) is 1.62. The zero-order chi connectivity index (χ0) is 19.3. The van der Waals surface area contributed by atoms with Crippen molar-refractivity contribution in [3.63, 3.8) is 0 Å². The molecule has 1 heterocycles. The number of benzene rings is 2. The van der Waals surface area contributed by atoms with Gasteiger partial charge in [0.05, 0.1) is 12.5 Å². The molecule has 2 aromatic rings. The van der Waals surface area contributed by atoms with E-state index in [0.29, 0.717) is 25.2 Å². The van der Waals surface area contributed by atoms with Crippen LogP contribution in [0.1, 0.15) is 35.7 Å². The average molecular weight is 366 g/mol. The maximum Gasteiger partial charge on any atom is 0.253 e. The van der Waals surface area contributed by atoms with E-state index in [-0.39, 0.29) is 11.8 Å². The Labute approximate surface area is 160 Å². The first kappa shape index (κ1) is 19.0. The standard InChI is InChI=1S/C22H26N2O3/c1-22(21(26)23-15-17-8-6-11-19(14-17)27-2)12-7-13-24(16-22)20(25)18-9-4-3-5-10-18/h3-6,8-11,14H,7,12-13,15-16H2,1-2H3,(H,23,26). The van der Waals surface area contributed by atoms with E-state index >= 15 is 0 Å². The highest BCUT2D eigenvalue weighted by Crippen LogP contribution is 2.30. The normalized spacial score (nSPS) is 19.4. The molecule has 0 spiro atoms. The second kappa shape index (κ2) is 8.25. The summed E-state index contributed by atoms with van der Waals surface area (Å²) in [5.74, 6) is 0.739. The molecule has 2 amide bonds. The van der Waals surface area contributed by atoms with Gasteiger partial charge in [0.1, 0.15) is 5.75 Å². The summed E-state index contributed by atoms with van der Waals surface area (Å²) < 4.78 is 5.22. The first-order valence-electron chi connectivity index (χ1n) is 9.27. The van der Waals surface area contributed by atoms with Crippen LogP contribution >= 0.6 is 0 Å². The Morgan fingerprint density at radius 2 is 1.93 bits per heavy atom. The molecule has 142 valence electrons. The number of carbonyl (C=O) groups is 2. The highest BCUT2D eigenvalue weighted by Gasteiger charge is 2.39. The lowest BCUT2D eigenvalue weighted by atomic mass is 9.80.